The van der Waals surface area contributed by atoms with Crippen molar-refractivity contribution in [2.45, 2.75) is 62.4 Å². The van der Waals surface area contributed by atoms with E-state index in [9.17, 15) is 18.0 Å². The lowest BCUT2D eigenvalue weighted by Crippen LogP contribution is -2.41. The zero-order valence-electron chi connectivity index (χ0n) is 19.3. The van der Waals surface area contributed by atoms with Crippen LogP contribution in [0.3, 0.4) is 0 Å². The molecular formula is C26H31N3O4S. The number of fused-ring (bicyclic) bond motifs is 2. The average molecular weight is 482 g/mol. The first-order chi connectivity index (χ1) is 16.3. The van der Waals surface area contributed by atoms with Crippen LogP contribution in [0.25, 0.3) is 0 Å². The van der Waals surface area contributed by atoms with Crippen LogP contribution in [0, 0.1) is 5.92 Å². The van der Waals surface area contributed by atoms with E-state index in [1.807, 2.05) is 54.3 Å². The van der Waals surface area contributed by atoms with Crippen LogP contribution in [0.15, 0.2) is 54.6 Å². The summed E-state index contributed by atoms with van der Waals surface area (Å²) in [7, 11) is -3.51. The summed E-state index contributed by atoms with van der Waals surface area (Å²) in [6.45, 7) is 2.39. The molecule has 0 saturated carbocycles. The molecule has 3 saturated heterocycles. The molecule has 5 atom stereocenters. The molecule has 2 aromatic carbocycles. The van der Waals surface area contributed by atoms with Crippen LogP contribution in [0.2, 0.25) is 0 Å². The maximum atomic E-state index is 13.5. The molecule has 2 N–H and O–H groups in total. The van der Waals surface area contributed by atoms with Crippen molar-refractivity contribution in [2.24, 2.45) is 11.7 Å². The summed E-state index contributed by atoms with van der Waals surface area (Å²) in [4.78, 5) is 26.8. The van der Waals surface area contributed by atoms with Gasteiger partial charge in [0.25, 0.3) is 5.91 Å². The van der Waals surface area contributed by atoms with Gasteiger partial charge in [-0.25, -0.2) is 8.42 Å². The highest BCUT2D eigenvalue weighted by molar-refractivity contribution is 7.89. The summed E-state index contributed by atoms with van der Waals surface area (Å²) in [5, 5.41) is -0.533. The van der Waals surface area contributed by atoms with E-state index in [-0.39, 0.29) is 35.9 Å². The van der Waals surface area contributed by atoms with Crippen LogP contribution >= 0.6 is 0 Å². The quantitative estimate of drug-likeness (QED) is 0.707. The largest absolute Gasteiger partial charge is 0.369 e. The first-order valence-corrected chi connectivity index (χ1v) is 13.6. The lowest BCUT2D eigenvalue weighted by molar-refractivity contribution is -0.122. The van der Waals surface area contributed by atoms with Gasteiger partial charge in [0.05, 0.1) is 5.92 Å². The summed E-state index contributed by atoms with van der Waals surface area (Å²) < 4.78 is 28.5. The normalized spacial score (nSPS) is 29.1. The molecule has 2 aromatic rings. The van der Waals surface area contributed by atoms with E-state index >= 15 is 0 Å². The van der Waals surface area contributed by atoms with Crippen LogP contribution in [0.5, 0.6) is 0 Å². The van der Waals surface area contributed by atoms with Crippen molar-refractivity contribution in [2.75, 3.05) is 6.54 Å². The third-order valence-electron chi connectivity index (χ3n) is 7.91. The van der Waals surface area contributed by atoms with Crippen molar-refractivity contribution in [1.82, 2.24) is 9.21 Å². The Balaban J connectivity index is 1.33. The van der Waals surface area contributed by atoms with Gasteiger partial charge < -0.3 is 10.6 Å². The Kier molecular flexibility index (Phi) is 5.98. The highest BCUT2D eigenvalue weighted by Crippen LogP contribution is 2.43. The average Bonchev–Trinajstić information content (AvgIpc) is 3.42. The van der Waals surface area contributed by atoms with Gasteiger partial charge in [0.2, 0.25) is 15.9 Å². The maximum absolute atomic E-state index is 13.5. The number of hydrogen-bond acceptors (Lipinski definition) is 4. The predicted octanol–water partition coefficient (Wildman–Crippen LogP) is 3.39. The molecule has 180 valence electrons. The van der Waals surface area contributed by atoms with Gasteiger partial charge in [0.15, 0.2) is 0 Å². The van der Waals surface area contributed by atoms with Crippen molar-refractivity contribution < 1.29 is 18.0 Å². The molecule has 3 fully saturated rings. The fourth-order valence-corrected chi connectivity index (χ4v) is 8.36. The number of nitrogens with zero attached hydrogens (tertiary/aromatic N) is 2. The summed E-state index contributed by atoms with van der Waals surface area (Å²) in [6, 6.07) is 16.3. The number of rotatable bonds is 5. The number of nitrogens with two attached hydrogens (primary N) is 1. The minimum Gasteiger partial charge on any atom is -0.369 e. The van der Waals surface area contributed by atoms with E-state index in [4.69, 9.17) is 5.73 Å². The number of amides is 2. The fraction of sp³-hybridized carbons (Fsp3) is 0.462. The molecule has 0 radical (unpaired) electrons. The van der Waals surface area contributed by atoms with Gasteiger partial charge >= 0.3 is 0 Å². The molecule has 3 heterocycles. The Bertz CT molecular complexity index is 1180. The van der Waals surface area contributed by atoms with Gasteiger partial charge in [0, 0.05) is 30.2 Å². The minimum atomic E-state index is -3.51. The smallest absolute Gasteiger partial charge is 0.254 e. The monoisotopic (exact) mass is 481 g/mol. The van der Waals surface area contributed by atoms with Crippen molar-refractivity contribution >= 4 is 21.8 Å². The van der Waals surface area contributed by atoms with Crippen LogP contribution in [0.1, 0.15) is 71.8 Å². The number of carbonyl (C=O) groups is 2. The number of primary amides is 1. The second-order valence-corrected chi connectivity index (χ2v) is 11.8. The zero-order valence-corrected chi connectivity index (χ0v) is 20.2. The molecule has 2 amide bonds. The molecule has 0 aromatic heterocycles. The third-order valence-corrected chi connectivity index (χ3v) is 10.3. The molecule has 5 rings (SSSR count). The van der Waals surface area contributed by atoms with E-state index in [1.165, 1.54) is 0 Å². The summed E-state index contributed by atoms with van der Waals surface area (Å²) in [5.74, 6) is -0.667. The van der Waals surface area contributed by atoms with E-state index in [2.05, 4.69) is 0 Å². The molecule has 3 aliphatic rings. The fourth-order valence-electron chi connectivity index (χ4n) is 6.12. The molecule has 3 aliphatic heterocycles. The Labute approximate surface area is 201 Å². The molecule has 7 nitrogen and oxygen atoms in total. The van der Waals surface area contributed by atoms with Crippen molar-refractivity contribution in [3.63, 3.8) is 0 Å². The number of benzene rings is 2. The Morgan fingerprint density at radius 1 is 1.00 bits per heavy atom. The molecule has 5 unspecified atom stereocenters. The summed E-state index contributed by atoms with van der Waals surface area (Å²) in [5.41, 5.74) is 7.79. The second-order valence-electron chi connectivity index (χ2n) is 9.75. The van der Waals surface area contributed by atoms with E-state index < -0.39 is 15.3 Å². The minimum absolute atomic E-state index is 0.0713. The van der Waals surface area contributed by atoms with Gasteiger partial charge in [-0.2, -0.15) is 4.31 Å². The first-order valence-electron chi connectivity index (χ1n) is 12.1. The van der Waals surface area contributed by atoms with Gasteiger partial charge in [-0.3, -0.25) is 9.59 Å². The maximum Gasteiger partial charge on any atom is 0.254 e. The van der Waals surface area contributed by atoms with Gasteiger partial charge in [-0.15, -0.1) is 0 Å². The molecule has 0 spiro atoms. The molecular weight excluding hydrogens is 450 g/mol. The van der Waals surface area contributed by atoms with Crippen LogP contribution < -0.4 is 5.73 Å². The van der Waals surface area contributed by atoms with Crippen molar-refractivity contribution in [1.29, 1.82) is 0 Å². The van der Waals surface area contributed by atoms with Crippen LogP contribution in [0.4, 0.5) is 0 Å². The third kappa shape index (κ3) is 3.82. The SMILES string of the molecule is CC(c1ccc(C(=O)N2C3CCC2C(C(N)=O)C3)cc1)N1CCCC(c2ccccc2)S1(=O)=O. The first kappa shape index (κ1) is 23.1. The standard InChI is InChI=1S/C26H31N3O4S/c1-17(28-15-5-8-24(34(28,32)33)19-6-3-2-4-7-19)18-9-11-20(12-10-18)26(31)29-21-13-14-23(29)22(16-21)25(27)30/h2-4,6-7,9-12,17,21-24H,5,8,13-16H2,1H3,(H2,27,30). The summed E-state index contributed by atoms with van der Waals surface area (Å²) in [6.07, 6.45) is 3.79. The molecule has 2 bridgehead atoms. The van der Waals surface area contributed by atoms with E-state index in [1.54, 1.807) is 16.4 Å². The highest BCUT2D eigenvalue weighted by Gasteiger charge is 2.50. The zero-order chi connectivity index (χ0) is 24.0. The highest BCUT2D eigenvalue weighted by atomic mass is 32.2. The number of sulfonamides is 1. The van der Waals surface area contributed by atoms with E-state index in [0.717, 1.165) is 30.4 Å². The molecule has 8 heteroatoms. The van der Waals surface area contributed by atoms with Crippen LogP contribution in [-0.4, -0.2) is 48.1 Å². The number of carbonyl (C=O) groups excluding carboxylic acids is 2. The van der Waals surface area contributed by atoms with Crippen molar-refractivity contribution in [3.05, 3.63) is 71.3 Å². The lowest BCUT2D eigenvalue weighted by Gasteiger charge is -2.36. The summed E-state index contributed by atoms with van der Waals surface area (Å²) >= 11 is 0. The van der Waals surface area contributed by atoms with Gasteiger partial charge in [-0.1, -0.05) is 42.5 Å². The molecule has 0 aliphatic carbocycles. The van der Waals surface area contributed by atoms with Crippen molar-refractivity contribution in [3.8, 4) is 0 Å². The Hall–Kier alpha value is -2.71. The number of hydrogen-bond donors (Lipinski definition) is 1. The van der Waals surface area contributed by atoms with Crippen LogP contribution in [-0.2, 0) is 14.8 Å². The van der Waals surface area contributed by atoms with Gasteiger partial charge in [-0.05, 0) is 62.3 Å². The Morgan fingerprint density at radius 2 is 1.71 bits per heavy atom. The Morgan fingerprint density at radius 3 is 2.35 bits per heavy atom. The van der Waals surface area contributed by atoms with E-state index in [0.29, 0.717) is 24.9 Å². The second kappa shape index (κ2) is 8.82. The predicted molar refractivity (Wildman–Crippen MR) is 129 cm³/mol. The lowest BCUT2D eigenvalue weighted by atomic mass is 9.89. The van der Waals surface area contributed by atoms with Gasteiger partial charge in [0.1, 0.15) is 5.25 Å². The molecule has 34 heavy (non-hydrogen) atoms. The topological polar surface area (TPSA) is 101 Å².